The Morgan fingerprint density at radius 1 is 1.00 bits per heavy atom. The van der Waals surface area contributed by atoms with E-state index in [-0.39, 0.29) is 5.91 Å². The van der Waals surface area contributed by atoms with Gasteiger partial charge in [-0.25, -0.2) is 9.97 Å². The molecule has 1 amide bonds. The summed E-state index contributed by atoms with van der Waals surface area (Å²) < 4.78 is 2.17. The minimum atomic E-state index is -0.194. The summed E-state index contributed by atoms with van der Waals surface area (Å²) in [4.78, 5) is 21.3. The lowest BCUT2D eigenvalue weighted by atomic mass is 10.2. The Labute approximate surface area is 139 Å². The van der Waals surface area contributed by atoms with E-state index in [2.05, 4.69) is 15.3 Å². The first-order chi connectivity index (χ1) is 11.1. The smallest absolute Gasteiger partial charge is 0.257 e. The summed E-state index contributed by atoms with van der Waals surface area (Å²) in [5.41, 5.74) is 8.67. The van der Waals surface area contributed by atoms with Gasteiger partial charge in [-0.3, -0.25) is 10.1 Å². The number of fused-ring (bicyclic) bond motifs is 3. The molecule has 0 unspecified atom stereocenters. The van der Waals surface area contributed by atoms with Crippen LogP contribution in [0.5, 0.6) is 0 Å². The van der Waals surface area contributed by atoms with Crippen molar-refractivity contribution in [2.24, 2.45) is 0 Å². The standard InChI is InChI=1S/C16H12N4OS2/c1-8-18-11-6-7-12-14(13(11)22-8)23-16(19-12)20-15(21)9-2-4-10(17)5-3-9/h2-7H,17H2,1H3,(H,19,20,21). The molecule has 0 fully saturated rings. The summed E-state index contributed by atoms with van der Waals surface area (Å²) in [7, 11) is 0. The number of thiazole rings is 2. The van der Waals surface area contributed by atoms with Gasteiger partial charge in [0, 0.05) is 11.3 Å². The number of amides is 1. The molecule has 4 rings (SSSR count). The fraction of sp³-hybridized carbons (Fsp3) is 0.0625. The maximum atomic E-state index is 12.3. The number of rotatable bonds is 2. The number of nitrogen functional groups attached to an aromatic ring is 1. The molecule has 0 aliphatic carbocycles. The third-order valence-corrected chi connectivity index (χ3v) is 5.55. The molecule has 4 aromatic rings. The van der Waals surface area contributed by atoms with Gasteiger partial charge in [-0.05, 0) is 43.3 Å². The first kappa shape index (κ1) is 14.1. The lowest BCUT2D eigenvalue weighted by Crippen LogP contribution is -2.11. The number of nitrogens with two attached hydrogens (primary N) is 1. The van der Waals surface area contributed by atoms with Crippen molar-refractivity contribution in [1.29, 1.82) is 0 Å². The Bertz CT molecular complexity index is 1030. The summed E-state index contributed by atoms with van der Waals surface area (Å²) in [5, 5.41) is 4.46. The molecule has 0 radical (unpaired) electrons. The highest BCUT2D eigenvalue weighted by atomic mass is 32.1. The highest BCUT2D eigenvalue weighted by Gasteiger charge is 2.13. The predicted octanol–water partition coefficient (Wildman–Crippen LogP) is 4.05. The number of carbonyl (C=O) groups is 1. The summed E-state index contributed by atoms with van der Waals surface area (Å²) >= 11 is 3.11. The first-order valence-electron chi connectivity index (χ1n) is 6.94. The topological polar surface area (TPSA) is 80.9 Å². The molecule has 2 aromatic heterocycles. The Hall–Kier alpha value is -2.51. The minimum absolute atomic E-state index is 0.194. The molecule has 114 valence electrons. The lowest BCUT2D eigenvalue weighted by Gasteiger charge is -2.01. The summed E-state index contributed by atoms with van der Waals surface area (Å²) in [6.45, 7) is 1.99. The third kappa shape index (κ3) is 2.54. The molecule has 7 heteroatoms. The molecule has 5 nitrogen and oxygen atoms in total. The maximum absolute atomic E-state index is 12.3. The summed E-state index contributed by atoms with van der Waals surface area (Å²) in [6.07, 6.45) is 0. The zero-order valence-corrected chi connectivity index (χ0v) is 13.8. The third-order valence-electron chi connectivity index (χ3n) is 3.41. The van der Waals surface area contributed by atoms with Crippen LogP contribution in [0, 0.1) is 6.92 Å². The molecule has 0 saturated heterocycles. The number of benzene rings is 2. The number of anilines is 2. The second kappa shape index (κ2) is 5.29. The van der Waals surface area contributed by atoms with E-state index in [4.69, 9.17) is 5.73 Å². The van der Waals surface area contributed by atoms with E-state index >= 15 is 0 Å². The fourth-order valence-electron chi connectivity index (χ4n) is 2.34. The van der Waals surface area contributed by atoms with Crippen LogP contribution in [0.4, 0.5) is 10.8 Å². The first-order valence-corrected chi connectivity index (χ1v) is 8.57. The van der Waals surface area contributed by atoms with Gasteiger partial charge in [-0.1, -0.05) is 11.3 Å². The van der Waals surface area contributed by atoms with Gasteiger partial charge in [0.2, 0.25) is 0 Å². The average Bonchev–Trinajstić information content (AvgIpc) is 3.09. The molecule has 3 N–H and O–H groups in total. The highest BCUT2D eigenvalue weighted by molar-refractivity contribution is 7.28. The van der Waals surface area contributed by atoms with Gasteiger partial charge in [0.25, 0.3) is 5.91 Å². The predicted molar refractivity (Wildman–Crippen MR) is 96.3 cm³/mol. The van der Waals surface area contributed by atoms with Crippen molar-refractivity contribution in [1.82, 2.24) is 9.97 Å². The maximum Gasteiger partial charge on any atom is 0.257 e. The number of hydrogen-bond acceptors (Lipinski definition) is 6. The van der Waals surface area contributed by atoms with Crippen molar-refractivity contribution >= 4 is 59.8 Å². The molecule has 2 aromatic carbocycles. The molecule has 0 atom stereocenters. The largest absolute Gasteiger partial charge is 0.399 e. The van der Waals surface area contributed by atoms with E-state index in [0.29, 0.717) is 16.4 Å². The molecule has 0 aliphatic rings. The number of carbonyl (C=O) groups excluding carboxylic acids is 1. The highest BCUT2D eigenvalue weighted by Crippen LogP contribution is 2.35. The SMILES string of the molecule is Cc1nc2ccc3nc(NC(=O)c4ccc(N)cc4)sc3c2s1. The van der Waals surface area contributed by atoms with Crippen LogP contribution in [0.25, 0.3) is 20.4 Å². The lowest BCUT2D eigenvalue weighted by molar-refractivity contribution is 0.102. The Morgan fingerprint density at radius 3 is 2.39 bits per heavy atom. The minimum Gasteiger partial charge on any atom is -0.399 e. The number of hydrogen-bond donors (Lipinski definition) is 2. The van der Waals surface area contributed by atoms with E-state index in [9.17, 15) is 4.79 Å². The number of aromatic nitrogens is 2. The van der Waals surface area contributed by atoms with Crippen molar-refractivity contribution in [2.45, 2.75) is 6.92 Å². The number of nitrogens with one attached hydrogen (secondary N) is 1. The molecule has 23 heavy (non-hydrogen) atoms. The van der Waals surface area contributed by atoms with Gasteiger partial charge >= 0.3 is 0 Å². The van der Waals surface area contributed by atoms with Crippen molar-refractivity contribution in [3.8, 4) is 0 Å². The van der Waals surface area contributed by atoms with Crippen LogP contribution in [-0.4, -0.2) is 15.9 Å². The van der Waals surface area contributed by atoms with E-state index in [1.54, 1.807) is 35.6 Å². The van der Waals surface area contributed by atoms with Crippen LogP contribution in [0.15, 0.2) is 36.4 Å². The van der Waals surface area contributed by atoms with Gasteiger partial charge in [-0.15, -0.1) is 11.3 Å². The molecule has 2 heterocycles. The fourth-order valence-corrected chi connectivity index (χ4v) is 4.34. The summed E-state index contributed by atoms with van der Waals surface area (Å²) in [5.74, 6) is -0.194. The van der Waals surface area contributed by atoms with Gasteiger partial charge in [0.1, 0.15) is 0 Å². The van der Waals surface area contributed by atoms with Crippen LogP contribution in [0.2, 0.25) is 0 Å². The Balaban J connectivity index is 1.70. The molecule has 0 saturated carbocycles. The van der Waals surface area contributed by atoms with Gasteiger partial charge < -0.3 is 5.73 Å². The van der Waals surface area contributed by atoms with Gasteiger partial charge in [0.15, 0.2) is 5.13 Å². The molecular formula is C16H12N4OS2. The van der Waals surface area contributed by atoms with Crippen LogP contribution in [0.3, 0.4) is 0 Å². The second-order valence-electron chi connectivity index (χ2n) is 5.09. The number of nitrogens with zero attached hydrogens (tertiary/aromatic N) is 2. The van der Waals surface area contributed by atoms with Crippen LogP contribution in [-0.2, 0) is 0 Å². The second-order valence-corrected chi connectivity index (χ2v) is 7.29. The zero-order valence-electron chi connectivity index (χ0n) is 12.2. The van der Waals surface area contributed by atoms with E-state index in [1.165, 1.54) is 11.3 Å². The van der Waals surface area contributed by atoms with Crippen LogP contribution < -0.4 is 11.1 Å². The Morgan fingerprint density at radius 2 is 1.65 bits per heavy atom. The number of aryl methyl sites for hydroxylation is 1. The molecule has 0 aliphatic heterocycles. The summed E-state index contributed by atoms with van der Waals surface area (Å²) in [6, 6.07) is 10.7. The molecule has 0 spiro atoms. The van der Waals surface area contributed by atoms with Gasteiger partial charge in [-0.2, -0.15) is 0 Å². The monoisotopic (exact) mass is 340 g/mol. The normalized spacial score (nSPS) is 11.2. The quantitative estimate of drug-likeness (QED) is 0.539. The van der Waals surface area contributed by atoms with E-state index in [1.807, 2.05) is 19.1 Å². The van der Waals surface area contributed by atoms with Crippen LogP contribution >= 0.6 is 22.7 Å². The van der Waals surface area contributed by atoms with Crippen molar-refractivity contribution in [3.63, 3.8) is 0 Å². The van der Waals surface area contributed by atoms with Crippen LogP contribution in [0.1, 0.15) is 15.4 Å². The molecular weight excluding hydrogens is 328 g/mol. The van der Waals surface area contributed by atoms with E-state index in [0.717, 1.165) is 25.4 Å². The van der Waals surface area contributed by atoms with Crippen molar-refractivity contribution in [3.05, 3.63) is 47.0 Å². The van der Waals surface area contributed by atoms with E-state index < -0.39 is 0 Å². The average molecular weight is 340 g/mol. The van der Waals surface area contributed by atoms with Gasteiger partial charge in [0.05, 0.1) is 25.4 Å². The van der Waals surface area contributed by atoms with Crippen molar-refractivity contribution < 1.29 is 4.79 Å². The Kier molecular flexibility index (Phi) is 3.24. The van der Waals surface area contributed by atoms with Crippen molar-refractivity contribution in [2.75, 3.05) is 11.1 Å². The zero-order chi connectivity index (χ0) is 16.0. The molecule has 0 bridgehead atoms.